The van der Waals surface area contributed by atoms with Gasteiger partial charge in [-0.05, 0) is 44.9 Å². The van der Waals surface area contributed by atoms with E-state index in [1.807, 2.05) is 42.5 Å². The standard InChI is InChI=1S/C45H79NO5/c1-4-7-10-13-16-18-20-21-22-23-24-26-29-32-35-38-45(50)51-41(36-33-30-27-15-12-9-6-3)39-44(49)46-42(40-47)43(48)37-34-31-28-25-19-17-14-11-8-5-2/h7,10,13,16,18,20-24,41-43,47-48H,4-6,8-9,11-12,14-15,17,19,25-40H2,1-3H3,(H,46,49)/b10-7+,16-13+,20-18-,22-21-,24-23+. The average molecular weight is 714 g/mol. The molecule has 6 heteroatoms. The Labute approximate surface area is 314 Å². The molecule has 0 aliphatic carbocycles. The molecule has 0 radical (unpaired) electrons. The highest BCUT2D eigenvalue weighted by Crippen LogP contribution is 2.17. The monoisotopic (exact) mass is 714 g/mol. The van der Waals surface area contributed by atoms with Crippen LogP contribution in [-0.4, -0.2) is 46.9 Å². The van der Waals surface area contributed by atoms with Gasteiger partial charge in [0.05, 0.1) is 25.2 Å². The summed E-state index contributed by atoms with van der Waals surface area (Å²) in [5.41, 5.74) is 0. The number of allylic oxidation sites excluding steroid dienone is 10. The molecule has 3 N–H and O–H groups in total. The van der Waals surface area contributed by atoms with Crippen molar-refractivity contribution in [1.29, 1.82) is 0 Å². The van der Waals surface area contributed by atoms with Gasteiger partial charge in [0, 0.05) is 6.42 Å². The van der Waals surface area contributed by atoms with Gasteiger partial charge in [-0.3, -0.25) is 9.59 Å². The second-order valence-electron chi connectivity index (χ2n) is 14.1. The van der Waals surface area contributed by atoms with Crippen molar-refractivity contribution >= 4 is 11.9 Å². The van der Waals surface area contributed by atoms with E-state index >= 15 is 0 Å². The summed E-state index contributed by atoms with van der Waals surface area (Å²) in [6.45, 7) is 6.26. The Morgan fingerprint density at radius 2 is 1.06 bits per heavy atom. The van der Waals surface area contributed by atoms with Crippen LogP contribution < -0.4 is 5.32 Å². The Morgan fingerprint density at radius 1 is 0.588 bits per heavy atom. The van der Waals surface area contributed by atoms with Gasteiger partial charge in [0.25, 0.3) is 0 Å². The molecule has 6 nitrogen and oxygen atoms in total. The second kappa shape index (κ2) is 38.8. The lowest BCUT2D eigenvalue weighted by atomic mass is 10.0. The van der Waals surface area contributed by atoms with Gasteiger partial charge in [-0.2, -0.15) is 0 Å². The Kier molecular flexibility index (Phi) is 36.9. The van der Waals surface area contributed by atoms with E-state index in [0.717, 1.165) is 70.6 Å². The number of hydrogen-bond donors (Lipinski definition) is 3. The topological polar surface area (TPSA) is 95.9 Å². The molecule has 0 bridgehead atoms. The normalized spacial score (nSPS) is 14.1. The summed E-state index contributed by atoms with van der Waals surface area (Å²) in [7, 11) is 0. The van der Waals surface area contributed by atoms with Crippen molar-refractivity contribution in [3.05, 3.63) is 60.8 Å². The molecule has 1 amide bonds. The summed E-state index contributed by atoms with van der Waals surface area (Å²) < 4.78 is 5.84. The summed E-state index contributed by atoms with van der Waals surface area (Å²) in [4.78, 5) is 25.8. The van der Waals surface area contributed by atoms with Gasteiger partial charge >= 0.3 is 5.97 Å². The van der Waals surface area contributed by atoms with E-state index in [9.17, 15) is 19.8 Å². The highest BCUT2D eigenvalue weighted by atomic mass is 16.5. The fraction of sp³-hybridized carbons (Fsp3) is 0.733. The fourth-order valence-electron chi connectivity index (χ4n) is 6.04. The van der Waals surface area contributed by atoms with Crippen LogP contribution in [0, 0.1) is 0 Å². The van der Waals surface area contributed by atoms with Crippen LogP contribution in [0.5, 0.6) is 0 Å². The van der Waals surface area contributed by atoms with Crippen molar-refractivity contribution in [1.82, 2.24) is 5.32 Å². The molecule has 0 aliphatic rings. The summed E-state index contributed by atoms with van der Waals surface area (Å²) in [5, 5.41) is 23.5. The number of ether oxygens (including phenoxy) is 1. The van der Waals surface area contributed by atoms with E-state index < -0.39 is 18.2 Å². The summed E-state index contributed by atoms with van der Waals surface area (Å²) in [6, 6.07) is -0.706. The van der Waals surface area contributed by atoms with Gasteiger partial charge in [-0.1, -0.05) is 191 Å². The van der Waals surface area contributed by atoms with Crippen LogP contribution in [0.1, 0.15) is 188 Å². The molecule has 0 fully saturated rings. The minimum absolute atomic E-state index is 0.0583. The highest BCUT2D eigenvalue weighted by Gasteiger charge is 2.24. The van der Waals surface area contributed by atoms with Crippen molar-refractivity contribution in [3.8, 4) is 0 Å². The van der Waals surface area contributed by atoms with Crippen molar-refractivity contribution in [2.45, 2.75) is 206 Å². The van der Waals surface area contributed by atoms with E-state index in [2.05, 4.69) is 44.3 Å². The first kappa shape index (κ1) is 48.6. The van der Waals surface area contributed by atoms with Crippen molar-refractivity contribution < 1.29 is 24.5 Å². The SMILES string of the molecule is CC/C=C/C=C/C=C\C=C/C=C/CCCCCC(=O)OC(CCCCCCCCC)CC(=O)NC(CO)C(O)CCCCCCCCCCCC. The zero-order valence-corrected chi connectivity index (χ0v) is 33.2. The van der Waals surface area contributed by atoms with Crippen LogP contribution in [-0.2, 0) is 14.3 Å². The zero-order chi connectivity index (χ0) is 37.5. The van der Waals surface area contributed by atoms with Crippen LogP contribution in [0.2, 0.25) is 0 Å². The summed E-state index contributed by atoms with van der Waals surface area (Å²) in [6.07, 6.45) is 45.7. The Balaban J connectivity index is 4.58. The number of hydrogen-bond acceptors (Lipinski definition) is 5. The smallest absolute Gasteiger partial charge is 0.306 e. The first-order chi connectivity index (χ1) is 25.0. The van der Waals surface area contributed by atoms with Crippen molar-refractivity contribution in [2.24, 2.45) is 0 Å². The maximum atomic E-state index is 13.0. The number of unbranched alkanes of at least 4 members (excludes halogenated alkanes) is 18. The lowest BCUT2D eigenvalue weighted by Crippen LogP contribution is -2.46. The number of carbonyl (C=O) groups excluding carboxylic acids is 2. The predicted molar refractivity (Wildman–Crippen MR) is 218 cm³/mol. The van der Waals surface area contributed by atoms with Gasteiger partial charge in [-0.15, -0.1) is 0 Å². The van der Waals surface area contributed by atoms with Crippen molar-refractivity contribution in [2.75, 3.05) is 6.61 Å². The van der Waals surface area contributed by atoms with Gasteiger partial charge < -0.3 is 20.3 Å². The number of carbonyl (C=O) groups is 2. The molecule has 0 rings (SSSR count). The number of amides is 1. The zero-order valence-electron chi connectivity index (χ0n) is 33.2. The molecule has 0 aliphatic heterocycles. The lowest BCUT2D eigenvalue weighted by molar-refractivity contribution is -0.151. The molecule has 3 atom stereocenters. The Hall–Kier alpha value is -2.44. The van der Waals surface area contributed by atoms with Crippen molar-refractivity contribution in [3.63, 3.8) is 0 Å². The number of nitrogens with one attached hydrogen (secondary N) is 1. The second-order valence-corrected chi connectivity index (χ2v) is 14.1. The van der Waals surface area contributed by atoms with Gasteiger partial charge in [-0.25, -0.2) is 0 Å². The Bertz CT molecular complexity index is 937. The summed E-state index contributed by atoms with van der Waals surface area (Å²) in [5.74, 6) is -0.534. The highest BCUT2D eigenvalue weighted by molar-refractivity contribution is 5.77. The lowest BCUT2D eigenvalue weighted by Gasteiger charge is -2.24. The minimum atomic E-state index is -0.791. The van der Waals surface area contributed by atoms with E-state index in [1.54, 1.807) is 0 Å². The fourth-order valence-corrected chi connectivity index (χ4v) is 6.04. The third-order valence-corrected chi connectivity index (χ3v) is 9.24. The molecule has 0 heterocycles. The quantitative estimate of drug-likeness (QED) is 0.0341. The van der Waals surface area contributed by atoms with Crippen LogP contribution in [0.25, 0.3) is 0 Å². The first-order valence-corrected chi connectivity index (χ1v) is 21.1. The van der Waals surface area contributed by atoms with E-state index in [0.29, 0.717) is 19.3 Å². The Morgan fingerprint density at radius 3 is 1.59 bits per heavy atom. The summed E-state index contributed by atoms with van der Waals surface area (Å²) >= 11 is 0. The maximum absolute atomic E-state index is 13.0. The van der Waals surface area contributed by atoms with Crippen LogP contribution >= 0.6 is 0 Å². The van der Waals surface area contributed by atoms with Gasteiger partial charge in [0.2, 0.25) is 5.91 Å². The molecule has 0 saturated carbocycles. The van der Waals surface area contributed by atoms with Gasteiger partial charge in [0.1, 0.15) is 6.10 Å². The van der Waals surface area contributed by atoms with E-state index in [1.165, 1.54) is 70.6 Å². The molecular formula is C45H79NO5. The van der Waals surface area contributed by atoms with Crippen LogP contribution in [0.15, 0.2) is 60.8 Å². The van der Waals surface area contributed by atoms with Crippen LogP contribution in [0.4, 0.5) is 0 Å². The minimum Gasteiger partial charge on any atom is -0.462 e. The first-order valence-electron chi connectivity index (χ1n) is 21.1. The largest absolute Gasteiger partial charge is 0.462 e. The molecule has 0 saturated heterocycles. The predicted octanol–water partition coefficient (Wildman–Crippen LogP) is 11.7. The third kappa shape index (κ3) is 34.4. The molecule has 0 spiro atoms. The molecule has 294 valence electrons. The van der Waals surface area contributed by atoms with E-state index in [4.69, 9.17) is 4.74 Å². The third-order valence-electron chi connectivity index (χ3n) is 9.24. The molecule has 3 unspecified atom stereocenters. The number of esters is 1. The van der Waals surface area contributed by atoms with E-state index in [-0.39, 0.29) is 24.9 Å². The maximum Gasteiger partial charge on any atom is 0.306 e. The van der Waals surface area contributed by atoms with Crippen LogP contribution in [0.3, 0.4) is 0 Å². The average Bonchev–Trinajstić information content (AvgIpc) is 3.12. The number of aliphatic hydroxyl groups excluding tert-OH is 2. The number of aliphatic hydroxyl groups is 2. The molecule has 51 heavy (non-hydrogen) atoms. The molecular weight excluding hydrogens is 634 g/mol. The van der Waals surface area contributed by atoms with Gasteiger partial charge in [0.15, 0.2) is 0 Å². The number of rotatable bonds is 36. The molecule has 0 aromatic carbocycles. The molecule has 0 aromatic rings. The molecule has 0 aromatic heterocycles.